The third-order valence-corrected chi connectivity index (χ3v) is 13.6. The summed E-state index contributed by atoms with van der Waals surface area (Å²) < 4.78 is 0. The van der Waals surface area contributed by atoms with Gasteiger partial charge in [-0.05, 0) is 155 Å². The highest BCUT2D eigenvalue weighted by molar-refractivity contribution is 6.25. The van der Waals surface area contributed by atoms with Gasteiger partial charge in [-0.3, -0.25) is 0 Å². The van der Waals surface area contributed by atoms with Gasteiger partial charge in [-0.25, -0.2) is 0 Å². The topological polar surface area (TPSA) is 0 Å². The van der Waals surface area contributed by atoms with Gasteiger partial charge < -0.3 is 0 Å². The predicted molar refractivity (Wildman–Crippen MR) is 276 cm³/mol. The molecule has 0 nitrogen and oxygen atoms in total. The zero-order chi connectivity index (χ0) is 42.1. The molecule has 0 fully saturated rings. The Morgan fingerprint density at radius 3 is 0.844 bits per heavy atom. The van der Waals surface area contributed by atoms with Crippen molar-refractivity contribution >= 4 is 75.4 Å². The van der Waals surface area contributed by atoms with Crippen LogP contribution in [-0.4, -0.2) is 0 Å². The Morgan fingerprint density at radius 2 is 0.406 bits per heavy atom. The number of benzene rings is 13. The largest absolute Gasteiger partial charge is 0.0616 e. The Balaban J connectivity index is 1.06. The average Bonchev–Trinajstić information content (AvgIpc) is 3.36. The quantitative estimate of drug-likeness (QED) is 0.152. The van der Waals surface area contributed by atoms with E-state index in [1.165, 1.54) is 131 Å². The van der Waals surface area contributed by atoms with E-state index in [2.05, 4.69) is 243 Å². The number of hydrogen-bond acceptors (Lipinski definition) is 0. The third kappa shape index (κ3) is 5.84. The summed E-state index contributed by atoms with van der Waals surface area (Å²) in [5.41, 5.74) is 12.4. The van der Waals surface area contributed by atoms with Crippen molar-refractivity contribution in [2.45, 2.75) is 0 Å². The van der Waals surface area contributed by atoms with E-state index in [0.717, 1.165) is 0 Å². The van der Waals surface area contributed by atoms with Gasteiger partial charge in [0, 0.05) is 0 Å². The Labute approximate surface area is 371 Å². The summed E-state index contributed by atoms with van der Waals surface area (Å²) in [6.07, 6.45) is 0. The molecule has 0 aromatic heterocycles. The van der Waals surface area contributed by atoms with Crippen molar-refractivity contribution < 1.29 is 0 Å². The van der Waals surface area contributed by atoms with Crippen molar-refractivity contribution in [3.63, 3.8) is 0 Å². The SMILES string of the molecule is c1ccc2cc(-c3ccc(-c4c5ccccc5c(-c5ccc6c(-c7ccc8ccccc8c7)c7ccccc7c(-c7ccc8ccccc8c7)c6c5)c5ccccc45)cc3)ccc2c1. The molecule has 13 aromatic carbocycles. The van der Waals surface area contributed by atoms with Crippen LogP contribution in [0.5, 0.6) is 0 Å². The van der Waals surface area contributed by atoms with E-state index >= 15 is 0 Å². The van der Waals surface area contributed by atoms with Crippen LogP contribution in [0.1, 0.15) is 0 Å². The van der Waals surface area contributed by atoms with Crippen molar-refractivity contribution in [2.75, 3.05) is 0 Å². The molecule has 0 heterocycles. The van der Waals surface area contributed by atoms with E-state index in [1.54, 1.807) is 0 Å². The highest BCUT2D eigenvalue weighted by Gasteiger charge is 2.21. The van der Waals surface area contributed by atoms with Crippen molar-refractivity contribution in [1.29, 1.82) is 0 Å². The van der Waals surface area contributed by atoms with Gasteiger partial charge >= 0.3 is 0 Å². The normalized spacial score (nSPS) is 11.8. The maximum atomic E-state index is 2.49. The summed E-state index contributed by atoms with van der Waals surface area (Å²) in [6.45, 7) is 0. The second kappa shape index (κ2) is 14.7. The van der Waals surface area contributed by atoms with Crippen molar-refractivity contribution in [3.05, 3.63) is 243 Å². The van der Waals surface area contributed by atoms with Crippen LogP contribution in [0.4, 0.5) is 0 Å². The minimum atomic E-state index is 1.21. The van der Waals surface area contributed by atoms with Crippen molar-refractivity contribution in [1.82, 2.24) is 0 Å². The summed E-state index contributed by atoms with van der Waals surface area (Å²) in [5.74, 6) is 0. The number of fused-ring (bicyclic) bond motifs is 7. The molecule has 0 saturated carbocycles. The summed E-state index contributed by atoms with van der Waals surface area (Å²) in [5, 5.41) is 17.5. The van der Waals surface area contributed by atoms with Gasteiger partial charge in [-0.2, -0.15) is 0 Å². The number of hydrogen-bond donors (Lipinski definition) is 0. The van der Waals surface area contributed by atoms with Crippen LogP contribution in [-0.2, 0) is 0 Å². The van der Waals surface area contributed by atoms with Gasteiger partial charge in [-0.1, -0.05) is 218 Å². The molecule has 0 amide bonds. The maximum absolute atomic E-state index is 2.49. The molecule has 13 rings (SSSR count). The van der Waals surface area contributed by atoms with E-state index in [1.807, 2.05) is 0 Å². The molecule has 0 spiro atoms. The van der Waals surface area contributed by atoms with Crippen LogP contribution in [0.2, 0.25) is 0 Å². The molecule has 0 heteroatoms. The molecule has 0 saturated heterocycles. The maximum Gasteiger partial charge on any atom is -0.00259 e. The zero-order valence-electron chi connectivity index (χ0n) is 35.1. The van der Waals surface area contributed by atoms with Crippen LogP contribution < -0.4 is 0 Å². The molecular formula is C64H40. The fourth-order valence-electron chi connectivity index (χ4n) is 10.6. The predicted octanol–water partition coefficient (Wildman–Crippen LogP) is 18.1. The minimum Gasteiger partial charge on any atom is -0.0616 e. The Kier molecular flexibility index (Phi) is 8.32. The molecule has 0 unspecified atom stereocenters. The zero-order valence-corrected chi connectivity index (χ0v) is 35.1. The Morgan fingerprint density at radius 1 is 0.141 bits per heavy atom. The Hall–Kier alpha value is -8.32. The van der Waals surface area contributed by atoms with E-state index in [0.29, 0.717) is 0 Å². The summed E-state index contributed by atoms with van der Waals surface area (Å²) in [6, 6.07) is 90.1. The smallest absolute Gasteiger partial charge is 0.00259 e. The second-order valence-corrected chi connectivity index (χ2v) is 17.2. The molecule has 0 radical (unpaired) electrons. The highest BCUT2D eigenvalue weighted by atomic mass is 14.2. The first-order chi connectivity index (χ1) is 31.7. The van der Waals surface area contributed by atoms with Gasteiger partial charge in [0.2, 0.25) is 0 Å². The molecule has 13 aromatic rings. The van der Waals surface area contributed by atoms with Gasteiger partial charge in [0.05, 0.1) is 0 Å². The van der Waals surface area contributed by atoms with Gasteiger partial charge in [0.25, 0.3) is 0 Å². The summed E-state index contributed by atoms with van der Waals surface area (Å²) in [4.78, 5) is 0. The first-order valence-corrected chi connectivity index (χ1v) is 22.2. The van der Waals surface area contributed by atoms with Crippen LogP contribution in [0.3, 0.4) is 0 Å². The Bertz CT molecular complexity index is 3940. The monoisotopic (exact) mass is 808 g/mol. The number of rotatable bonds is 5. The van der Waals surface area contributed by atoms with E-state index in [4.69, 9.17) is 0 Å². The fraction of sp³-hybridized carbons (Fsp3) is 0. The molecule has 0 aliphatic carbocycles. The van der Waals surface area contributed by atoms with Crippen molar-refractivity contribution in [3.8, 4) is 55.6 Å². The van der Waals surface area contributed by atoms with E-state index in [9.17, 15) is 0 Å². The van der Waals surface area contributed by atoms with E-state index in [-0.39, 0.29) is 0 Å². The minimum absolute atomic E-state index is 1.21. The molecule has 0 atom stereocenters. The first kappa shape index (κ1) is 36.3. The average molecular weight is 809 g/mol. The molecule has 296 valence electrons. The third-order valence-electron chi connectivity index (χ3n) is 13.6. The lowest BCUT2D eigenvalue weighted by Crippen LogP contribution is -1.94. The van der Waals surface area contributed by atoms with Gasteiger partial charge in [0.15, 0.2) is 0 Å². The van der Waals surface area contributed by atoms with Crippen molar-refractivity contribution in [2.24, 2.45) is 0 Å². The van der Waals surface area contributed by atoms with Crippen LogP contribution in [0.15, 0.2) is 243 Å². The van der Waals surface area contributed by atoms with Gasteiger partial charge in [0.1, 0.15) is 0 Å². The molecular weight excluding hydrogens is 769 g/mol. The van der Waals surface area contributed by atoms with Crippen LogP contribution in [0.25, 0.3) is 131 Å². The molecule has 0 aliphatic heterocycles. The molecule has 0 N–H and O–H groups in total. The standard InChI is InChI=1S/C64H40/c1-4-16-46-37-49(32-27-41(46)13-1)44-25-30-45(31-26-44)61-53-19-7-9-21-55(53)63(56-22-10-8-20-54(56)61)52-35-36-59-60(40-52)64(51-34-29-43-15-3-6-18-48(43)39-51)58-24-12-11-23-57(58)62(59)50-33-28-42-14-2-5-17-47(42)38-50/h1-40H. The first-order valence-electron chi connectivity index (χ1n) is 22.2. The lowest BCUT2D eigenvalue weighted by Gasteiger charge is -2.21. The summed E-state index contributed by atoms with van der Waals surface area (Å²) in [7, 11) is 0. The molecule has 64 heavy (non-hydrogen) atoms. The molecule has 0 bridgehead atoms. The molecule has 0 aliphatic rings. The fourth-order valence-corrected chi connectivity index (χ4v) is 10.6. The van der Waals surface area contributed by atoms with Crippen LogP contribution >= 0.6 is 0 Å². The lowest BCUT2D eigenvalue weighted by atomic mass is 9.82. The van der Waals surface area contributed by atoms with Crippen LogP contribution in [0, 0.1) is 0 Å². The highest BCUT2D eigenvalue weighted by Crippen LogP contribution is 2.49. The second-order valence-electron chi connectivity index (χ2n) is 17.2. The van der Waals surface area contributed by atoms with Gasteiger partial charge in [-0.15, -0.1) is 0 Å². The van der Waals surface area contributed by atoms with E-state index < -0.39 is 0 Å². The summed E-state index contributed by atoms with van der Waals surface area (Å²) >= 11 is 0. The lowest BCUT2D eigenvalue weighted by molar-refractivity contribution is 1.63.